The maximum atomic E-state index is 12.7. The third-order valence-electron chi connectivity index (χ3n) is 4.86. The van der Waals surface area contributed by atoms with Crippen molar-refractivity contribution in [3.8, 4) is 6.07 Å². The van der Waals surface area contributed by atoms with Gasteiger partial charge in [-0.05, 0) is 31.0 Å². The third kappa shape index (κ3) is 4.93. The predicted molar refractivity (Wildman–Crippen MR) is 117 cm³/mol. The summed E-state index contributed by atoms with van der Waals surface area (Å²) in [7, 11) is 0. The van der Waals surface area contributed by atoms with Crippen LogP contribution in [0, 0.1) is 11.3 Å². The Balaban J connectivity index is 2.04. The van der Waals surface area contributed by atoms with Crippen molar-refractivity contribution in [1.82, 2.24) is 9.97 Å². The molecule has 6 heteroatoms. The number of benzene rings is 2. The van der Waals surface area contributed by atoms with E-state index in [9.17, 15) is 10.1 Å². The van der Waals surface area contributed by atoms with Crippen LogP contribution in [-0.2, 0) is 16.1 Å². The fraction of sp³-hybridized carbons (Fsp3) is 0.333. The van der Waals surface area contributed by atoms with E-state index in [1.165, 1.54) is 0 Å². The second-order valence-electron chi connectivity index (χ2n) is 7.00. The molecule has 1 atom stereocenters. The molecular formula is C24H26N4O2. The van der Waals surface area contributed by atoms with Crippen LogP contribution in [0.15, 0.2) is 54.6 Å². The van der Waals surface area contributed by atoms with Gasteiger partial charge in [-0.2, -0.15) is 5.26 Å². The first-order valence-corrected chi connectivity index (χ1v) is 10.3. The number of aromatic nitrogens is 2. The van der Waals surface area contributed by atoms with E-state index >= 15 is 0 Å². The van der Waals surface area contributed by atoms with E-state index in [-0.39, 0.29) is 0 Å². The summed E-state index contributed by atoms with van der Waals surface area (Å²) in [6.45, 7) is 5.58. The molecule has 30 heavy (non-hydrogen) atoms. The van der Waals surface area contributed by atoms with Gasteiger partial charge in [-0.1, -0.05) is 55.8 Å². The summed E-state index contributed by atoms with van der Waals surface area (Å²) in [6, 6.07) is 19.6. The molecule has 2 aromatic carbocycles. The van der Waals surface area contributed by atoms with Crippen LogP contribution in [0.3, 0.4) is 0 Å². The minimum Gasteiger partial charge on any atom is -0.464 e. The second kappa shape index (κ2) is 10.4. The Morgan fingerprint density at radius 1 is 1.07 bits per heavy atom. The Morgan fingerprint density at radius 2 is 1.73 bits per heavy atom. The maximum absolute atomic E-state index is 12.7. The van der Waals surface area contributed by atoms with Gasteiger partial charge in [0.05, 0.1) is 23.7 Å². The lowest BCUT2D eigenvalue weighted by molar-refractivity contribution is -0.144. The summed E-state index contributed by atoms with van der Waals surface area (Å²) in [4.78, 5) is 24.2. The number of nitriles is 1. The minimum atomic E-state index is -1.13. The standard InChI is InChI=1S/C24H26N4O2/c1-3-5-15-30-24(29)19(16-25)22-23(27-21-14-10-9-13-20(21)26-22)28(4-2)17-18-11-7-6-8-12-18/h6-14,19H,3-5,15,17H2,1-2H3. The fourth-order valence-corrected chi connectivity index (χ4v) is 3.20. The van der Waals surface area contributed by atoms with Crippen LogP contribution in [0.4, 0.5) is 5.82 Å². The lowest BCUT2D eigenvalue weighted by Crippen LogP contribution is -2.27. The lowest BCUT2D eigenvalue weighted by Gasteiger charge is -2.25. The molecule has 0 aliphatic rings. The molecule has 0 aliphatic heterocycles. The number of esters is 1. The SMILES string of the molecule is CCCCOC(=O)C(C#N)c1nc2ccccc2nc1N(CC)Cc1ccccc1. The first-order chi connectivity index (χ1) is 14.7. The smallest absolute Gasteiger partial charge is 0.329 e. The van der Waals surface area contributed by atoms with Crippen LogP contribution in [0.5, 0.6) is 0 Å². The highest BCUT2D eigenvalue weighted by Crippen LogP contribution is 2.29. The van der Waals surface area contributed by atoms with Crippen molar-refractivity contribution in [3.63, 3.8) is 0 Å². The number of hydrogen-bond donors (Lipinski definition) is 0. The van der Waals surface area contributed by atoms with Gasteiger partial charge < -0.3 is 9.64 Å². The number of hydrogen-bond acceptors (Lipinski definition) is 6. The molecule has 0 saturated heterocycles. The van der Waals surface area contributed by atoms with Gasteiger partial charge in [0.15, 0.2) is 11.7 Å². The van der Waals surface area contributed by atoms with Crippen LogP contribution < -0.4 is 4.90 Å². The van der Waals surface area contributed by atoms with Crippen LogP contribution in [0.1, 0.15) is 43.9 Å². The molecular weight excluding hydrogens is 376 g/mol. The molecule has 154 valence electrons. The van der Waals surface area contributed by atoms with Gasteiger partial charge >= 0.3 is 5.97 Å². The maximum Gasteiger partial charge on any atom is 0.329 e. The number of nitrogens with zero attached hydrogens (tertiary/aromatic N) is 4. The average molecular weight is 402 g/mol. The summed E-state index contributed by atoms with van der Waals surface area (Å²) in [5.74, 6) is -1.16. The van der Waals surface area contributed by atoms with E-state index in [0.29, 0.717) is 36.7 Å². The summed E-state index contributed by atoms with van der Waals surface area (Å²) in [5, 5.41) is 9.81. The molecule has 0 radical (unpaired) electrons. The number of carbonyl (C=O) groups excluding carboxylic acids is 1. The van der Waals surface area contributed by atoms with Crippen LogP contribution in [-0.4, -0.2) is 29.1 Å². The van der Waals surface area contributed by atoms with Crippen LogP contribution in [0.2, 0.25) is 0 Å². The molecule has 6 nitrogen and oxygen atoms in total. The number of rotatable bonds is 9. The predicted octanol–water partition coefficient (Wildman–Crippen LogP) is 4.61. The second-order valence-corrected chi connectivity index (χ2v) is 7.00. The number of anilines is 1. The molecule has 0 N–H and O–H groups in total. The Hall–Kier alpha value is -3.46. The quantitative estimate of drug-likeness (QED) is 0.384. The van der Waals surface area contributed by atoms with Gasteiger partial charge in [0.25, 0.3) is 0 Å². The van der Waals surface area contributed by atoms with Crippen molar-refractivity contribution in [2.75, 3.05) is 18.1 Å². The van der Waals surface area contributed by atoms with Crippen LogP contribution >= 0.6 is 0 Å². The first-order valence-electron chi connectivity index (χ1n) is 10.3. The third-order valence-corrected chi connectivity index (χ3v) is 4.86. The average Bonchev–Trinajstić information content (AvgIpc) is 2.78. The zero-order valence-corrected chi connectivity index (χ0v) is 17.4. The van der Waals surface area contributed by atoms with Gasteiger partial charge in [-0.25, -0.2) is 9.97 Å². The monoisotopic (exact) mass is 402 g/mol. The van der Waals surface area contributed by atoms with E-state index in [0.717, 1.165) is 23.9 Å². The molecule has 1 aromatic heterocycles. The Labute approximate surface area is 177 Å². The zero-order valence-electron chi connectivity index (χ0n) is 17.4. The molecule has 1 unspecified atom stereocenters. The van der Waals surface area contributed by atoms with E-state index < -0.39 is 11.9 Å². The molecule has 0 saturated carbocycles. The number of fused-ring (bicyclic) bond motifs is 1. The first kappa shape index (κ1) is 21.3. The van der Waals surface area contributed by atoms with E-state index in [2.05, 4.69) is 11.1 Å². The van der Waals surface area contributed by atoms with Crippen molar-refractivity contribution >= 4 is 22.8 Å². The Bertz CT molecular complexity index is 1030. The highest BCUT2D eigenvalue weighted by Gasteiger charge is 2.29. The normalized spacial score (nSPS) is 11.6. The Kier molecular flexibility index (Phi) is 7.34. The largest absolute Gasteiger partial charge is 0.464 e. The van der Waals surface area contributed by atoms with E-state index in [1.807, 2.05) is 73.3 Å². The molecule has 1 heterocycles. The number of carbonyl (C=O) groups is 1. The molecule has 0 amide bonds. The number of unbranched alkanes of at least 4 members (excludes halogenated alkanes) is 1. The molecule has 0 aliphatic carbocycles. The lowest BCUT2D eigenvalue weighted by atomic mass is 10.1. The van der Waals surface area contributed by atoms with Gasteiger partial charge in [0, 0.05) is 13.1 Å². The Morgan fingerprint density at radius 3 is 2.37 bits per heavy atom. The van der Waals surface area contributed by atoms with E-state index in [1.54, 1.807) is 0 Å². The molecule has 3 aromatic rings. The van der Waals surface area contributed by atoms with Crippen molar-refractivity contribution in [2.24, 2.45) is 0 Å². The van der Waals surface area contributed by atoms with Gasteiger partial charge in [0.1, 0.15) is 5.69 Å². The van der Waals surface area contributed by atoms with Gasteiger partial charge in [-0.3, -0.25) is 4.79 Å². The highest BCUT2D eigenvalue weighted by molar-refractivity contribution is 5.85. The van der Waals surface area contributed by atoms with Crippen LogP contribution in [0.25, 0.3) is 11.0 Å². The number of para-hydroxylation sites is 2. The zero-order chi connectivity index (χ0) is 21.3. The topological polar surface area (TPSA) is 79.1 Å². The fourth-order valence-electron chi connectivity index (χ4n) is 3.20. The van der Waals surface area contributed by atoms with Crippen molar-refractivity contribution in [1.29, 1.82) is 5.26 Å². The summed E-state index contributed by atoms with van der Waals surface area (Å²) in [5.41, 5.74) is 2.82. The van der Waals surface area contributed by atoms with Crippen molar-refractivity contribution in [3.05, 3.63) is 65.9 Å². The molecule has 0 spiro atoms. The van der Waals surface area contributed by atoms with Gasteiger partial charge in [0.2, 0.25) is 0 Å². The van der Waals surface area contributed by atoms with Gasteiger partial charge in [-0.15, -0.1) is 0 Å². The highest BCUT2D eigenvalue weighted by atomic mass is 16.5. The van der Waals surface area contributed by atoms with Crippen molar-refractivity contribution in [2.45, 2.75) is 39.2 Å². The summed E-state index contributed by atoms with van der Waals surface area (Å²) in [6.07, 6.45) is 1.67. The molecule has 0 bridgehead atoms. The van der Waals surface area contributed by atoms with E-state index in [4.69, 9.17) is 9.72 Å². The summed E-state index contributed by atoms with van der Waals surface area (Å²) < 4.78 is 5.34. The minimum absolute atomic E-state index is 0.297. The number of ether oxygens (including phenoxy) is 1. The summed E-state index contributed by atoms with van der Waals surface area (Å²) >= 11 is 0. The molecule has 0 fully saturated rings. The van der Waals surface area contributed by atoms with Crippen molar-refractivity contribution < 1.29 is 9.53 Å². The molecule has 3 rings (SSSR count).